The lowest BCUT2D eigenvalue weighted by atomic mass is 10.2. The number of rotatable bonds is 2. The average molecular weight is 215 g/mol. The van der Waals surface area contributed by atoms with Gasteiger partial charge in [-0.1, -0.05) is 0 Å². The molecule has 1 aromatic heterocycles. The molecule has 2 rings (SSSR count). The van der Waals surface area contributed by atoms with Crippen LogP contribution in [0.25, 0.3) is 0 Å². The van der Waals surface area contributed by atoms with E-state index in [4.69, 9.17) is 10.5 Å². The molecule has 0 amide bonds. The van der Waals surface area contributed by atoms with E-state index in [0.717, 1.165) is 22.7 Å². The van der Waals surface area contributed by atoms with E-state index in [1.807, 2.05) is 32.0 Å². The Morgan fingerprint density at radius 1 is 1.12 bits per heavy atom. The van der Waals surface area contributed by atoms with Crippen LogP contribution in [-0.4, -0.2) is 9.97 Å². The number of aryl methyl sites for hydroxylation is 2. The quantitative estimate of drug-likeness (QED) is 0.782. The fraction of sp³-hybridized carbons (Fsp3) is 0.167. The van der Waals surface area contributed by atoms with E-state index in [9.17, 15) is 0 Å². The first kappa shape index (κ1) is 10.4. The van der Waals surface area contributed by atoms with Gasteiger partial charge in [0, 0.05) is 18.1 Å². The normalized spacial score (nSPS) is 10.1. The highest BCUT2D eigenvalue weighted by molar-refractivity contribution is 5.50. The van der Waals surface area contributed by atoms with Crippen LogP contribution in [0.4, 0.5) is 5.69 Å². The molecule has 2 aromatic rings. The minimum atomic E-state index is 0.520. The summed E-state index contributed by atoms with van der Waals surface area (Å²) in [6, 6.07) is 5.51. The van der Waals surface area contributed by atoms with Crippen LogP contribution in [0.2, 0.25) is 0 Å². The second kappa shape index (κ2) is 4.18. The molecule has 4 nitrogen and oxygen atoms in total. The number of benzene rings is 1. The van der Waals surface area contributed by atoms with Gasteiger partial charge in [0.1, 0.15) is 5.75 Å². The molecule has 0 spiro atoms. The Kier molecular flexibility index (Phi) is 2.72. The summed E-state index contributed by atoms with van der Waals surface area (Å²) in [6.07, 6.45) is 3.24. The zero-order valence-corrected chi connectivity index (χ0v) is 9.27. The first-order chi connectivity index (χ1) is 7.66. The third-order valence-electron chi connectivity index (χ3n) is 2.29. The smallest absolute Gasteiger partial charge is 0.240 e. The van der Waals surface area contributed by atoms with Gasteiger partial charge in [0.15, 0.2) is 0 Å². The van der Waals surface area contributed by atoms with Crippen LogP contribution < -0.4 is 10.5 Å². The van der Waals surface area contributed by atoms with Crippen LogP contribution in [-0.2, 0) is 0 Å². The summed E-state index contributed by atoms with van der Waals surface area (Å²) in [6.45, 7) is 3.79. The number of hydrogen-bond acceptors (Lipinski definition) is 4. The van der Waals surface area contributed by atoms with E-state index in [-0.39, 0.29) is 0 Å². The van der Waals surface area contributed by atoms with Crippen molar-refractivity contribution >= 4 is 5.69 Å². The highest BCUT2D eigenvalue weighted by atomic mass is 16.5. The SMILES string of the molecule is Cc1cc(Oc2nccnc2C)ccc1N. The highest BCUT2D eigenvalue weighted by Gasteiger charge is 2.04. The average Bonchev–Trinajstić information content (AvgIpc) is 2.27. The van der Waals surface area contributed by atoms with E-state index in [1.54, 1.807) is 12.4 Å². The summed E-state index contributed by atoms with van der Waals surface area (Å²) >= 11 is 0. The van der Waals surface area contributed by atoms with Crippen LogP contribution in [0, 0.1) is 13.8 Å². The van der Waals surface area contributed by atoms with Gasteiger partial charge in [0.05, 0.1) is 5.69 Å². The molecule has 4 heteroatoms. The summed E-state index contributed by atoms with van der Waals surface area (Å²) in [5, 5.41) is 0. The molecule has 0 unspecified atom stereocenters. The van der Waals surface area contributed by atoms with Crippen molar-refractivity contribution in [2.24, 2.45) is 0 Å². The van der Waals surface area contributed by atoms with Crippen molar-refractivity contribution in [3.63, 3.8) is 0 Å². The van der Waals surface area contributed by atoms with Crippen molar-refractivity contribution in [3.05, 3.63) is 41.9 Å². The predicted molar refractivity (Wildman–Crippen MR) is 62.4 cm³/mol. The van der Waals surface area contributed by atoms with Gasteiger partial charge >= 0.3 is 0 Å². The van der Waals surface area contributed by atoms with E-state index >= 15 is 0 Å². The van der Waals surface area contributed by atoms with Crippen molar-refractivity contribution in [2.75, 3.05) is 5.73 Å². The largest absolute Gasteiger partial charge is 0.437 e. The van der Waals surface area contributed by atoms with E-state index < -0.39 is 0 Å². The lowest BCUT2D eigenvalue weighted by Crippen LogP contribution is -1.94. The predicted octanol–water partition coefficient (Wildman–Crippen LogP) is 2.47. The maximum atomic E-state index is 5.73. The van der Waals surface area contributed by atoms with Gasteiger partial charge in [-0.05, 0) is 37.6 Å². The molecule has 82 valence electrons. The number of nitrogens with two attached hydrogens (primary N) is 1. The Morgan fingerprint density at radius 2 is 1.88 bits per heavy atom. The number of nitrogen functional groups attached to an aromatic ring is 1. The molecule has 0 aliphatic carbocycles. The van der Waals surface area contributed by atoms with Gasteiger partial charge < -0.3 is 10.5 Å². The van der Waals surface area contributed by atoms with Crippen molar-refractivity contribution in [1.29, 1.82) is 0 Å². The minimum Gasteiger partial charge on any atom is -0.437 e. The highest BCUT2D eigenvalue weighted by Crippen LogP contribution is 2.24. The molecule has 1 heterocycles. The van der Waals surface area contributed by atoms with Gasteiger partial charge in [0.2, 0.25) is 5.88 Å². The van der Waals surface area contributed by atoms with Gasteiger partial charge in [0.25, 0.3) is 0 Å². The van der Waals surface area contributed by atoms with Crippen molar-refractivity contribution in [1.82, 2.24) is 9.97 Å². The first-order valence-corrected chi connectivity index (χ1v) is 4.98. The Morgan fingerprint density at radius 3 is 2.56 bits per heavy atom. The molecular weight excluding hydrogens is 202 g/mol. The summed E-state index contributed by atoms with van der Waals surface area (Å²) in [4.78, 5) is 8.21. The Bertz CT molecular complexity index is 511. The lowest BCUT2D eigenvalue weighted by Gasteiger charge is -2.07. The van der Waals surface area contributed by atoms with Gasteiger partial charge in [-0.15, -0.1) is 0 Å². The number of anilines is 1. The molecule has 0 aliphatic heterocycles. The number of nitrogens with zero attached hydrogens (tertiary/aromatic N) is 2. The summed E-state index contributed by atoms with van der Waals surface area (Å²) in [5.74, 6) is 1.24. The molecule has 0 radical (unpaired) electrons. The van der Waals surface area contributed by atoms with E-state index in [2.05, 4.69) is 9.97 Å². The number of ether oxygens (including phenoxy) is 1. The molecule has 2 N–H and O–H groups in total. The second-order valence-electron chi connectivity index (χ2n) is 3.57. The molecule has 0 atom stereocenters. The number of aromatic nitrogens is 2. The zero-order valence-electron chi connectivity index (χ0n) is 9.27. The third kappa shape index (κ3) is 2.11. The van der Waals surface area contributed by atoms with E-state index in [0.29, 0.717) is 5.88 Å². The molecule has 0 saturated heterocycles. The molecule has 1 aromatic carbocycles. The third-order valence-corrected chi connectivity index (χ3v) is 2.29. The first-order valence-electron chi connectivity index (χ1n) is 4.98. The van der Waals surface area contributed by atoms with Crippen LogP contribution in [0.5, 0.6) is 11.6 Å². The van der Waals surface area contributed by atoms with Crippen molar-refractivity contribution in [3.8, 4) is 11.6 Å². The van der Waals surface area contributed by atoms with Gasteiger partial charge in [-0.25, -0.2) is 4.98 Å². The molecule has 0 saturated carbocycles. The Balaban J connectivity index is 2.28. The molecular formula is C12H13N3O. The maximum absolute atomic E-state index is 5.73. The Labute approximate surface area is 94.1 Å². The zero-order chi connectivity index (χ0) is 11.5. The fourth-order valence-electron chi connectivity index (χ4n) is 1.32. The topological polar surface area (TPSA) is 61.0 Å². The summed E-state index contributed by atoms with van der Waals surface area (Å²) in [7, 11) is 0. The fourth-order valence-corrected chi connectivity index (χ4v) is 1.32. The molecule has 16 heavy (non-hydrogen) atoms. The van der Waals surface area contributed by atoms with Crippen molar-refractivity contribution < 1.29 is 4.74 Å². The monoisotopic (exact) mass is 215 g/mol. The molecule has 0 fully saturated rings. The van der Waals surface area contributed by atoms with Crippen LogP contribution in [0.3, 0.4) is 0 Å². The summed E-state index contributed by atoms with van der Waals surface area (Å²) in [5.41, 5.74) is 8.23. The van der Waals surface area contributed by atoms with Gasteiger partial charge in [-0.3, -0.25) is 4.98 Å². The van der Waals surface area contributed by atoms with E-state index in [1.165, 1.54) is 0 Å². The molecule has 0 aliphatic rings. The Hall–Kier alpha value is -2.10. The van der Waals surface area contributed by atoms with Crippen molar-refractivity contribution in [2.45, 2.75) is 13.8 Å². The van der Waals surface area contributed by atoms with Crippen LogP contribution in [0.15, 0.2) is 30.6 Å². The minimum absolute atomic E-state index is 0.520. The second-order valence-corrected chi connectivity index (χ2v) is 3.57. The standard InChI is InChI=1S/C12H13N3O/c1-8-7-10(3-4-11(8)13)16-12-9(2)14-5-6-15-12/h3-7H,13H2,1-2H3. The molecule has 0 bridgehead atoms. The van der Waals surface area contributed by atoms with Gasteiger partial charge in [-0.2, -0.15) is 0 Å². The number of hydrogen-bond donors (Lipinski definition) is 1. The van der Waals surface area contributed by atoms with Crippen LogP contribution in [0.1, 0.15) is 11.3 Å². The summed E-state index contributed by atoms with van der Waals surface area (Å²) < 4.78 is 5.62. The maximum Gasteiger partial charge on any atom is 0.240 e. The lowest BCUT2D eigenvalue weighted by molar-refractivity contribution is 0.455. The van der Waals surface area contributed by atoms with Crippen LogP contribution >= 0.6 is 0 Å².